The summed E-state index contributed by atoms with van der Waals surface area (Å²) < 4.78 is 1.70. The van der Waals surface area contributed by atoms with Gasteiger partial charge in [0, 0.05) is 5.02 Å². The number of rotatable bonds is 2. The van der Waals surface area contributed by atoms with E-state index < -0.39 is 0 Å². The molecule has 3 nitrogen and oxygen atoms in total. The fourth-order valence-electron chi connectivity index (χ4n) is 1.38. The van der Waals surface area contributed by atoms with E-state index in [1.165, 1.54) is 0 Å². The van der Waals surface area contributed by atoms with Crippen molar-refractivity contribution < 1.29 is 0 Å². The first-order chi connectivity index (χ1) is 7.24. The third kappa shape index (κ3) is 1.85. The van der Waals surface area contributed by atoms with Crippen molar-refractivity contribution in [1.82, 2.24) is 15.0 Å². The number of nitrogens with zero attached hydrogens (tertiary/aromatic N) is 3. The van der Waals surface area contributed by atoms with Crippen LogP contribution in [-0.2, 0) is 5.88 Å². The van der Waals surface area contributed by atoms with Gasteiger partial charge in [0.1, 0.15) is 0 Å². The molecule has 0 unspecified atom stereocenters. The summed E-state index contributed by atoms with van der Waals surface area (Å²) in [5.41, 5.74) is 2.73. The van der Waals surface area contributed by atoms with Crippen LogP contribution in [0.3, 0.4) is 0 Å². The van der Waals surface area contributed by atoms with Gasteiger partial charge in [-0.2, -0.15) is 0 Å². The van der Waals surface area contributed by atoms with E-state index in [4.69, 9.17) is 23.2 Å². The topological polar surface area (TPSA) is 30.7 Å². The molecule has 15 heavy (non-hydrogen) atoms. The van der Waals surface area contributed by atoms with E-state index in [1.54, 1.807) is 10.9 Å². The van der Waals surface area contributed by atoms with Gasteiger partial charge in [-0.3, -0.25) is 0 Å². The highest BCUT2D eigenvalue weighted by molar-refractivity contribution is 6.31. The van der Waals surface area contributed by atoms with Crippen LogP contribution in [0.4, 0.5) is 0 Å². The molecule has 2 rings (SSSR count). The van der Waals surface area contributed by atoms with Crippen molar-refractivity contribution in [2.24, 2.45) is 0 Å². The minimum absolute atomic E-state index is 0.374. The van der Waals surface area contributed by atoms with Gasteiger partial charge in [0.05, 0.1) is 23.5 Å². The van der Waals surface area contributed by atoms with Crippen LogP contribution >= 0.6 is 23.2 Å². The van der Waals surface area contributed by atoms with Gasteiger partial charge in [-0.05, 0) is 24.6 Å². The number of benzene rings is 1. The molecule has 0 fully saturated rings. The average Bonchev–Trinajstić information content (AvgIpc) is 2.70. The minimum Gasteiger partial charge on any atom is -0.216 e. The van der Waals surface area contributed by atoms with E-state index in [2.05, 4.69) is 10.3 Å². The van der Waals surface area contributed by atoms with E-state index in [0.29, 0.717) is 10.9 Å². The fraction of sp³-hybridized carbons (Fsp3) is 0.200. The summed E-state index contributed by atoms with van der Waals surface area (Å²) in [4.78, 5) is 0. The lowest BCUT2D eigenvalue weighted by Crippen LogP contribution is -2.03. The Morgan fingerprint density at radius 1 is 1.40 bits per heavy atom. The Morgan fingerprint density at radius 2 is 2.20 bits per heavy atom. The predicted molar refractivity (Wildman–Crippen MR) is 60.7 cm³/mol. The second-order valence-corrected chi connectivity index (χ2v) is 3.83. The van der Waals surface area contributed by atoms with Crippen molar-refractivity contribution in [3.63, 3.8) is 0 Å². The summed E-state index contributed by atoms with van der Waals surface area (Å²) in [6.07, 6.45) is 1.65. The minimum atomic E-state index is 0.374. The number of alkyl halides is 1. The van der Waals surface area contributed by atoms with Crippen LogP contribution in [0.15, 0.2) is 24.4 Å². The third-order valence-electron chi connectivity index (χ3n) is 2.22. The first-order valence-electron chi connectivity index (χ1n) is 4.45. The van der Waals surface area contributed by atoms with Gasteiger partial charge in [-0.25, -0.2) is 4.68 Å². The van der Waals surface area contributed by atoms with Crippen LogP contribution in [0, 0.1) is 6.92 Å². The van der Waals surface area contributed by atoms with Gasteiger partial charge < -0.3 is 0 Å². The summed E-state index contributed by atoms with van der Waals surface area (Å²) in [5.74, 6) is 0.374. The normalized spacial score (nSPS) is 10.6. The second kappa shape index (κ2) is 4.21. The maximum atomic E-state index is 6.03. The number of halogens is 2. The first kappa shape index (κ1) is 10.5. The standard InChI is InChI=1S/C10H9Cl2N3/c1-7-9(12)3-2-4-10(7)15-8(5-11)6-13-14-15/h2-4,6H,5H2,1H3. The number of aromatic nitrogens is 3. The molecule has 0 saturated heterocycles. The molecule has 2 aromatic rings. The Bertz CT molecular complexity index is 479. The van der Waals surface area contributed by atoms with Crippen molar-refractivity contribution in [1.29, 1.82) is 0 Å². The molecule has 0 radical (unpaired) electrons. The molecule has 78 valence electrons. The van der Waals surface area contributed by atoms with E-state index in [-0.39, 0.29) is 0 Å². The summed E-state index contributed by atoms with van der Waals surface area (Å²) in [6.45, 7) is 1.94. The lowest BCUT2D eigenvalue weighted by molar-refractivity contribution is 0.777. The Kier molecular flexibility index (Phi) is 2.93. The van der Waals surface area contributed by atoms with Gasteiger partial charge in [0.15, 0.2) is 0 Å². The maximum absolute atomic E-state index is 6.03. The zero-order valence-electron chi connectivity index (χ0n) is 8.11. The van der Waals surface area contributed by atoms with Crippen molar-refractivity contribution in [2.45, 2.75) is 12.8 Å². The highest BCUT2D eigenvalue weighted by atomic mass is 35.5. The maximum Gasteiger partial charge on any atom is 0.0793 e. The Hall–Kier alpha value is -1.06. The Balaban J connectivity index is 2.59. The van der Waals surface area contributed by atoms with Gasteiger partial charge in [0.25, 0.3) is 0 Å². The van der Waals surface area contributed by atoms with E-state index in [1.807, 2.05) is 25.1 Å². The van der Waals surface area contributed by atoms with Crippen LogP contribution in [0.25, 0.3) is 5.69 Å². The van der Waals surface area contributed by atoms with Gasteiger partial charge >= 0.3 is 0 Å². The first-order valence-corrected chi connectivity index (χ1v) is 5.36. The molecule has 1 aromatic carbocycles. The predicted octanol–water partition coefficient (Wildman–Crippen LogP) is 2.97. The SMILES string of the molecule is Cc1c(Cl)cccc1-n1nncc1CCl. The summed E-state index contributed by atoms with van der Waals surface area (Å²) >= 11 is 11.8. The van der Waals surface area contributed by atoms with Crippen LogP contribution in [-0.4, -0.2) is 15.0 Å². The molecule has 0 saturated carbocycles. The van der Waals surface area contributed by atoms with Gasteiger partial charge in [-0.1, -0.05) is 22.9 Å². The number of hydrogen-bond donors (Lipinski definition) is 0. The molecule has 0 aliphatic heterocycles. The van der Waals surface area contributed by atoms with E-state index >= 15 is 0 Å². The highest BCUT2D eigenvalue weighted by Crippen LogP contribution is 2.22. The lowest BCUT2D eigenvalue weighted by Gasteiger charge is -2.08. The smallest absolute Gasteiger partial charge is 0.0793 e. The van der Waals surface area contributed by atoms with Crippen LogP contribution in [0.1, 0.15) is 11.3 Å². The molecule has 0 bridgehead atoms. The molecular formula is C10H9Cl2N3. The summed E-state index contributed by atoms with van der Waals surface area (Å²) in [5, 5.41) is 8.52. The highest BCUT2D eigenvalue weighted by Gasteiger charge is 2.09. The molecule has 0 N–H and O–H groups in total. The fourth-order valence-corrected chi connectivity index (χ4v) is 1.73. The molecule has 0 spiro atoms. The number of hydrogen-bond acceptors (Lipinski definition) is 2. The quantitative estimate of drug-likeness (QED) is 0.758. The lowest BCUT2D eigenvalue weighted by atomic mass is 10.2. The van der Waals surface area contributed by atoms with Gasteiger partial charge in [0.2, 0.25) is 0 Å². The molecule has 0 aliphatic rings. The average molecular weight is 242 g/mol. The zero-order valence-corrected chi connectivity index (χ0v) is 9.63. The molecule has 1 aromatic heterocycles. The largest absolute Gasteiger partial charge is 0.216 e. The molecular weight excluding hydrogens is 233 g/mol. The zero-order chi connectivity index (χ0) is 10.8. The molecule has 1 heterocycles. The van der Waals surface area contributed by atoms with Crippen molar-refractivity contribution in [2.75, 3.05) is 0 Å². The van der Waals surface area contributed by atoms with Crippen LogP contribution < -0.4 is 0 Å². The van der Waals surface area contributed by atoms with Crippen molar-refractivity contribution in [3.8, 4) is 5.69 Å². The second-order valence-electron chi connectivity index (χ2n) is 3.15. The molecule has 0 atom stereocenters. The monoisotopic (exact) mass is 241 g/mol. The van der Waals surface area contributed by atoms with Crippen molar-refractivity contribution in [3.05, 3.63) is 40.7 Å². The van der Waals surface area contributed by atoms with Crippen LogP contribution in [0.2, 0.25) is 5.02 Å². The van der Waals surface area contributed by atoms with Crippen LogP contribution in [0.5, 0.6) is 0 Å². The summed E-state index contributed by atoms with van der Waals surface area (Å²) in [7, 11) is 0. The van der Waals surface area contributed by atoms with Gasteiger partial charge in [-0.15, -0.1) is 16.7 Å². The molecule has 0 aliphatic carbocycles. The molecule has 5 heteroatoms. The third-order valence-corrected chi connectivity index (χ3v) is 2.91. The Morgan fingerprint density at radius 3 is 2.93 bits per heavy atom. The van der Waals surface area contributed by atoms with E-state index in [0.717, 1.165) is 16.9 Å². The van der Waals surface area contributed by atoms with E-state index in [9.17, 15) is 0 Å². The summed E-state index contributed by atoms with van der Waals surface area (Å²) in [6, 6.07) is 5.66. The Labute approximate surface area is 97.6 Å². The molecule has 0 amide bonds. The van der Waals surface area contributed by atoms with Crippen molar-refractivity contribution >= 4 is 23.2 Å².